The van der Waals surface area contributed by atoms with Crippen molar-refractivity contribution in [1.29, 1.82) is 0 Å². The minimum absolute atomic E-state index is 0.323. The summed E-state index contributed by atoms with van der Waals surface area (Å²) < 4.78 is 6.59. The highest BCUT2D eigenvalue weighted by atomic mass is 16.5. The van der Waals surface area contributed by atoms with Gasteiger partial charge in [0.2, 0.25) is 0 Å². The van der Waals surface area contributed by atoms with Crippen LogP contribution in [-0.2, 0) is 4.74 Å². The van der Waals surface area contributed by atoms with E-state index in [9.17, 15) is 4.79 Å². The van der Waals surface area contributed by atoms with Crippen molar-refractivity contribution >= 4 is 11.5 Å². The molecule has 0 atom stereocenters. The van der Waals surface area contributed by atoms with Gasteiger partial charge < -0.3 is 9.14 Å². The first-order valence-corrected chi connectivity index (χ1v) is 4.27. The summed E-state index contributed by atoms with van der Waals surface area (Å²) in [4.78, 5) is 11.3. The van der Waals surface area contributed by atoms with Gasteiger partial charge in [-0.15, -0.1) is 5.10 Å². The van der Waals surface area contributed by atoms with E-state index in [0.717, 1.165) is 5.52 Å². The summed E-state index contributed by atoms with van der Waals surface area (Å²) in [6.45, 7) is 2.15. The number of aromatic nitrogens is 3. The number of carbonyl (C=O) groups excluding carboxylic acids is 1. The van der Waals surface area contributed by atoms with E-state index in [0.29, 0.717) is 12.2 Å². The maximum atomic E-state index is 11.3. The van der Waals surface area contributed by atoms with Crippen molar-refractivity contribution in [2.24, 2.45) is 0 Å². The zero-order valence-corrected chi connectivity index (χ0v) is 7.67. The molecule has 0 amide bonds. The molecule has 0 aliphatic heterocycles. The van der Waals surface area contributed by atoms with Gasteiger partial charge >= 0.3 is 5.97 Å². The van der Waals surface area contributed by atoms with Gasteiger partial charge in [-0.05, 0) is 13.0 Å². The van der Waals surface area contributed by atoms with Crippen LogP contribution in [0.3, 0.4) is 0 Å². The molecule has 5 heteroatoms. The van der Waals surface area contributed by atoms with Crippen molar-refractivity contribution < 1.29 is 9.53 Å². The highest BCUT2D eigenvalue weighted by Crippen LogP contribution is 2.08. The first-order valence-electron chi connectivity index (χ1n) is 4.27. The first-order chi connectivity index (χ1) is 6.81. The van der Waals surface area contributed by atoms with Crippen LogP contribution < -0.4 is 0 Å². The maximum absolute atomic E-state index is 11.3. The Kier molecular flexibility index (Phi) is 2.14. The van der Waals surface area contributed by atoms with Crippen LogP contribution in [0.2, 0.25) is 0 Å². The van der Waals surface area contributed by atoms with Gasteiger partial charge in [-0.1, -0.05) is 0 Å². The van der Waals surface area contributed by atoms with Crippen LogP contribution in [-0.4, -0.2) is 27.2 Å². The monoisotopic (exact) mass is 191 g/mol. The fourth-order valence-corrected chi connectivity index (χ4v) is 1.20. The number of rotatable bonds is 2. The van der Waals surface area contributed by atoms with E-state index in [1.165, 1.54) is 6.33 Å². The molecule has 0 N–H and O–H groups in total. The average molecular weight is 191 g/mol. The molecule has 0 saturated heterocycles. The molecular weight excluding hydrogens is 182 g/mol. The Morgan fingerprint density at radius 2 is 2.43 bits per heavy atom. The van der Waals surface area contributed by atoms with E-state index in [-0.39, 0.29) is 5.97 Å². The summed E-state index contributed by atoms with van der Waals surface area (Å²) >= 11 is 0. The van der Waals surface area contributed by atoms with Gasteiger partial charge in [0.15, 0.2) is 0 Å². The van der Waals surface area contributed by atoms with E-state index in [1.54, 1.807) is 29.8 Å². The Balaban J connectivity index is 2.40. The zero-order chi connectivity index (χ0) is 9.97. The number of fused-ring (bicyclic) bond motifs is 1. The number of ether oxygens (including phenoxy) is 1. The van der Waals surface area contributed by atoms with Gasteiger partial charge in [0.05, 0.1) is 23.9 Å². The van der Waals surface area contributed by atoms with Crippen molar-refractivity contribution in [3.8, 4) is 0 Å². The third-order valence-corrected chi connectivity index (χ3v) is 1.82. The Hall–Kier alpha value is -1.91. The van der Waals surface area contributed by atoms with Crippen molar-refractivity contribution in [2.75, 3.05) is 6.61 Å². The van der Waals surface area contributed by atoms with Crippen LogP contribution in [0.25, 0.3) is 5.52 Å². The minimum atomic E-state index is -0.323. The largest absolute Gasteiger partial charge is 0.462 e. The summed E-state index contributed by atoms with van der Waals surface area (Å²) in [5.74, 6) is -0.323. The fraction of sp³-hybridized carbons (Fsp3) is 0.222. The van der Waals surface area contributed by atoms with E-state index < -0.39 is 0 Å². The molecular formula is C9H9N3O2. The molecule has 72 valence electrons. The second-order valence-corrected chi connectivity index (χ2v) is 2.76. The zero-order valence-electron chi connectivity index (χ0n) is 7.67. The lowest BCUT2D eigenvalue weighted by Crippen LogP contribution is -2.02. The lowest BCUT2D eigenvalue weighted by Gasteiger charge is -1.96. The van der Waals surface area contributed by atoms with E-state index in [2.05, 4.69) is 10.2 Å². The molecule has 14 heavy (non-hydrogen) atoms. The molecule has 0 bridgehead atoms. The Morgan fingerprint density at radius 3 is 3.14 bits per heavy atom. The second-order valence-electron chi connectivity index (χ2n) is 2.76. The molecule has 0 radical (unpaired) electrons. The fourth-order valence-electron chi connectivity index (χ4n) is 1.20. The third kappa shape index (κ3) is 1.44. The number of hydrogen-bond acceptors (Lipinski definition) is 4. The van der Waals surface area contributed by atoms with Crippen molar-refractivity contribution in [3.05, 3.63) is 30.4 Å². The SMILES string of the molecule is CCOC(=O)c1cc2cnncn2c1. The topological polar surface area (TPSA) is 56.5 Å². The number of carbonyl (C=O) groups is 1. The minimum Gasteiger partial charge on any atom is -0.462 e. The number of hydrogen-bond donors (Lipinski definition) is 0. The quantitative estimate of drug-likeness (QED) is 0.662. The van der Waals surface area contributed by atoms with Crippen LogP contribution in [0.1, 0.15) is 17.3 Å². The number of nitrogens with zero attached hydrogens (tertiary/aromatic N) is 3. The Labute approximate surface area is 80.3 Å². The van der Waals surface area contributed by atoms with Gasteiger partial charge in [-0.2, -0.15) is 5.10 Å². The molecule has 0 unspecified atom stereocenters. The summed E-state index contributed by atoms with van der Waals surface area (Å²) in [6.07, 6.45) is 4.79. The third-order valence-electron chi connectivity index (χ3n) is 1.82. The standard InChI is InChI=1S/C9H9N3O2/c1-2-14-9(13)7-3-8-4-10-11-6-12(8)5-7/h3-6H,2H2,1H3. The van der Waals surface area contributed by atoms with Crippen LogP contribution in [0, 0.1) is 0 Å². The first kappa shape index (κ1) is 8.68. The van der Waals surface area contributed by atoms with Gasteiger partial charge in [-0.25, -0.2) is 4.79 Å². The maximum Gasteiger partial charge on any atom is 0.339 e. The lowest BCUT2D eigenvalue weighted by atomic mass is 10.3. The predicted molar refractivity (Wildman–Crippen MR) is 48.9 cm³/mol. The molecule has 0 saturated carbocycles. The predicted octanol–water partition coefficient (Wildman–Crippen LogP) is 0.906. The van der Waals surface area contributed by atoms with Crippen molar-refractivity contribution in [1.82, 2.24) is 14.6 Å². The van der Waals surface area contributed by atoms with E-state index in [4.69, 9.17) is 4.74 Å². The Morgan fingerprint density at radius 1 is 1.57 bits per heavy atom. The Bertz CT molecular complexity index is 431. The summed E-state index contributed by atoms with van der Waals surface area (Å²) in [5, 5.41) is 7.40. The molecule has 5 nitrogen and oxygen atoms in total. The smallest absolute Gasteiger partial charge is 0.339 e. The number of esters is 1. The molecule has 2 aromatic rings. The van der Waals surface area contributed by atoms with Gasteiger partial charge in [0.25, 0.3) is 0 Å². The molecule has 2 heterocycles. The van der Waals surface area contributed by atoms with Crippen LogP contribution in [0.4, 0.5) is 0 Å². The molecule has 0 fully saturated rings. The summed E-state index contributed by atoms with van der Waals surface area (Å²) in [6, 6.07) is 1.71. The van der Waals surface area contributed by atoms with Crippen molar-refractivity contribution in [3.63, 3.8) is 0 Å². The lowest BCUT2D eigenvalue weighted by molar-refractivity contribution is 0.0526. The van der Waals surface area contributed by atoms with Gasteiger partial charge in [0, 0.05) is 6.20 Å². The van der Waals surface area contributed by atoms with Crippen LogP contribution in [0.15, 0.2) is 24.8 Å². The molecule has 2 aromatic heterocycles. The molecule has 0 aliphatic carbocycles. The molecule has 0 spiro atoms. The summed E-state index contributed by atoms with van der Waals surface area (Å²) in [7, 11) is 0. The second kappa shape index (κ2) is 3.45. The average Bonchev–Trinajstić information content (AvgIpc) is 2.61. The van der Waals surface area contributed by atoms with E-state index in [1.807, 2.05) is 0 Å². The molecule has 0 aromatic carbocycles. The van der Waals surface area contributed by atoms with Gasteiger partial charge in [-0.3, -0.25) is 0 Å². The summed E-state index contributed by atoms with van der Waals surface area (Å²) in [5.41, 5.74) is 1.34. The van der Waals surface area contributed by atoms with Crippen molar-refractivity contribution in [2.45, 2.75) is 6.92 Å². The normalized spacial score (nSPS) is 10.4. The van der Waals surface area contributed by atoms with Crippen LogP contribution in [0.5, 0.6) is 0 Å². The highest BCUT2D eigenvalue weighted by molar-refractivity contribution is 5.91. The van der Waals surface area contributed by atoms with Crippen LogP contribution >= 0.6 is 0 Å². The highest BCUT2D eigenvalue weighted by Gasteiger charge is 2.08. The van der Waals surface area contributed by atoms with Gasteiger partial charge in [0.1, 0.15) is 6.33 Å². The molecule has 2 rings (SSSR count). The molecule has 0 aliphatic rings. The van der Waals surface area contributed by atoms with E-state index >= 15 is 0 Å².